The van der Waals surface area contributed by atoms with E-state index in [0.717, 1.165) is 6.54 Å². The molecule has 0 aromatic heterocycles. The summed E-state index contributed by atoms with van der Waals surface area (Å²) in [5.41, 5.74) is -0.462. The maximum atomic E-state index is 10.5. The van der Waals surface area contributed by atoms with E-state index in [4.69, 9.17) is 5.11 Å². The fourth-order valence-corrected chi connectivity index (χ4v) is 1.30. The van der Waals surface area contributed by atoms with Crippen LogP contribution in [0.3, 0.4) is 0 Å². The summed E-state index contributed by atoms with van der Waals surface area (Å²) >= 11 is 0. The van der Waals surface area contributed by atoms with Gasteiger partial charge in [-0.2, -0.15) is 0 Å². The summed E-state index contributed by atoms with van der Waals surface area (Å²) in [6.07, 6.45) is 0. The van der Waals surface area contributed by atoms with E-state index >= 15 is 0 Å². The average molecular weight is 143 g/mol. The molecule has 0 unspecified atom stereocenters. The van der Waals surface area contributed by atoms with Crippen molar-refractivity contribution in [2.75, 3.05) is 19.6 Å². The van der Waals surface area contributed by atoms with E-state index in [9.17, 15) is 4.79 Å². The molecule has 0 saturated carbocycles. The number of rotatable bonds is 2. The first kappa shape index (κ1) is 7.54. The van der Waals surface area contributed by atoms with Gasteiger partial charge < -0.3 is 10.0 Å². The van der Waals surface area contributed by atoms with E-state index < -0.39 is 11.4 Å². The number of aliphatic carboxylic acids is 1. The fraction of sp³-hybridized carbons (Fsp3) is 0.857. The number of likely N-dealkylation sites (tertiary alicyclic amines) is 1. The van der Waals surface area contributed by atoms with E-state index in [1.807, 2.05) is 6.92 Å². The Bertz CT molecular complexity index is 150. The molecule has 1 rings (SSSR count). The number of hydrogen-bond donors (Lipinski definition) is 1. The highest BCUT2D eigenvalue weighted by Gasteiger charge is 2.44. The van der Waals surface area contributed by atoms with Crippen LogP contribution in [0.15, 0.2) is 0 Å². The van der Waals surface area contributed by atoms with Gasteiger partial charge in [0.1, 0.15) is 0 Å². The Labute approximate surface area is 60.6 Å². The number of hydrogen-bond acceptors (Lipinski definition) is 2. The molecule has 3 heteroatoms. The molecule has 10 heavy (non-hydrogen) atoms. The van der Waals surface area contributed by atoms with Gasteiger partial charge in [-0.15, -0.1) is 0 Å². The highest BCUT2D eigenvalue weighted by atomic mass is 16.4. The lowest BCUT2D eigenvalue weighted by Crippen LogP contribution is -2.58. The molecular formula is C7H13NO2. The maximum Gasteiger partial charge on any atom is 0.311 e. The van der Waals surface area contributed by atoms with E-state index in [-0.39, 0.29) is 0 Å². The lowest BCUT2D eigenvalue weighted by atomic mass is 9.82. The molecule has 1 saturated heterocycles. The first-order valence-corrected chi connectivity index (χ1v) is 3.54. The van der Waals surface area contributed by atoms with Crippen molar-refractivity contribution in [1.29, 1.82) is 0 Å². The Kier molecular flexibility index (Phi) is 1.68. The smallest absolute Gasteiger partial charge is 0.311 e. The van der Waals surface area contributed by atoms with Crippen molar-refractivity contribution in [2.24, 2.45) is 5.41 Å². The van der Waals surface area contributed by atoms with Gasteiger partial charge in [0.05, 0.1) is 5.41 Å². The molecule has 3 nitrogen and oxygen atoms in total. The molecule has 0 amide bonds. The predicted molar refractivity (Wildman–Crippen MR) is 37.9 cm³/mol. The largest absolute Gasteiger partial charge is 0.481 e. The Morgan fingerprint density at radius 3 is 2.50 bits per heavy atom. The summed E-state index contributed by atoms with van der Waals surface area (Å²) in [7, 11) is 0. The van der Waals surface area contributed by atoms with Gasteiger partial charge in [-0.3, -0.25) is 4.79 Å². The summed E-state index contributed by atoms with van der Waals surface area (Å²) in [6.45, 7) is 6.21. The summed E-state index contributed by atoms with van der Waals surface area (Å²) in [5.74, 6) is -0.669. The summed E-state index contributed by atoms with van der Waals surface area (Å²) in [4.78, 5) is 12.7. The Hall–Kier alpha value is -0.570. The molecular weight excluding hydrogens is 130 g/mol. The van der Waals surface area contributed by atoms with Crippen molar-refractivity contribution in [1.82, 2.24) is 4.90 Å². The molecule has 0 bridgehead atoms. The number of carbonyl (C=O) groups is 1. The SMILES string of the molecule is CCN1CC(C)(C(=O)O)C1. The molecule has 1 heterocycles. The van der Waals surface area contributed by atoms with Gasteiger partial charge in [0.25, 0.3) is 0 Å². The topological polar surface area (TPSA) is 40.5 Å². The van der Waals surface area contributed by atoms with Crippen molar-refractivity contribution < 1.29 is 9.90 Å². The van der Waals surface area contributed by atoms with Gasteiger partial charge in [0.2, 0.25) is 0 Å². The third kappa shape index (κ3) is 1.01. The third-order valence-electron chi connectivity index (χ3n) is 2.11. The lowest BCUT2D eigenvalue weighted by Gasteiger charge is -2.44. The van der Waals surface area contributed by atoms with Crippen LogP contribution in [0, 0.1) is 5.41 Å². The van der Waals surface area contributed by atoms with Crippen LogP contribution in [0.5, 0.6) is 0 Å². The zero-order valence-corrected chi connectivity index (χ0v) is 6.42. The molecule has 0 radical (unpaired) electrons. The quantitative estimate of drug-likeness (QED) is 0.608. The van der Waals surface area contributed by atoms with E-state index in [1.165, 1.54) is 0 Å². The molecule has 0 aromatic rings. The molecule has 0 aromatic carbocycles. The van der Waals surface area contributed by atoms with E-state index in [1.54, 1.807) is 6.92 Å². The summed E-state index contributed by atoms with van der Waals surface area (Å²) in [6, 6.07) is 0. The van der Waals surface area contributed by atoms with Gasteiger partial charge in [0, 0.05) is 13.1 Å². The second-order valence-corrected chi connectivity index (χ2v) is 3.17. The fourth-order valence-electron chi connectivity index (χ4n) is 1.30. The van der Waals surface area contributed by atoms with Crippen LogP contribution in [0.25, 0.3) is 0 Å². The highest BCUT2D eigenvalue weighted by Crippen LogP contribution is 2.29. The Morgan fingerprint density at radius 1 is 1.70 bits per heavy atom. The van der Waals surface area contributed by atoms with Crippen LogP contribution in [0.4, 0.5) is 0 Å². The first-order chi connectivity index (χ1) is 4.58. The van der Waals surface area contributed by atoms with Crippen molar-refractivity contribution >= 4 is 5.97 Å². The second-order valence-electron chi connectivity index (χ2n) is 3.17. The van der Waals surface area contributed by atoms with Crippen molar-refractivity contribution in [3.05, 3.63) is 0 Å². The highest BCUT2D eigenvalue weighted by molar-refractivity contribution is 5.75. The van der Waals surface area contributed by atoms with Crippen LogP contribution in [-0.2, 0) is 4.79 Å². The van der Waals surface area contributed by atoms with Gasteiger partial charge in [-0.05, 0) is 13.5 Å². The Balaban J connectivity index is 2.42. The van der Waals surface area contributed by atoms with Crippen LogP contribution in [0.1, 0.15) is 13.8 Å². The zero-order chi connectivity index (χ0) is 7.78. The molecule has 1 aliphatic rings. The average Bonchev–Trinajstić information content (AvgIpc) is 1.80. The van der Waals surface area contributed by atoms with Crippen molar-refractivity contribution in [3.63, 3.8) is 0 Å². The first-order valence-electron chi connectivity index (χ1n) is 3.54. The standard InChI is InChI=1S/C7H13NO2/c1-3-8-4-7(2,5-8)6(9)10/h3-5H2,1-2H3,(H,9,10). The maximum absolute atomic E-state index is 10.5. The van der Waals surface area contributed by atoms with Gasteiger partial charge in [0.15, 0.2) is 0 Å². The van der Waals surface area contributed by atoms with Crippen LogP contribution in [0.2, 0.25) is 0 Å². The lowest BCUT2D eigenvalue weighted by molar-refractivity contribution is -0.158. The second kappa shape index (κ2) is 2.23. The molecule has 0 spiro atoms. The molecule has 1 aliphatic heterocycles. The van der Waals surface area contributed by atoms with Crippen molar-refractivity contribution in [3.8, 4) is 0 Å². The van der Waals surface area contributed by atoms with Gasteiger partial charge in [-0.1, -0.05) is 6.92 Å². The molecule has 1 N–H and O–H groups in total. The number of carboxylic acid groups (broad SMARTS) is 1. The summed E-state index contributed by atoms with van der Waals surface area (Å²) < 4.78 is 0. The monoisotopic (exact) mass is 143 g/mol. The molecule has 58 valence electrons. The van der Waals surface area contributed by atoms with E-state index in [2.05, 4.69) is 4.90 Å². The number of carboxylic acids is 1. The van der Waals surface area contributed by atoms with Crippen LogP contribution in [-0.4, -0.2) is 35.6 Å². The minimum atomic E-state index is -0.669. The van der Waals surface area contributed by atoms with E-state index in [0.29, 0.717) is 13.1 Å². The van der Waals surface area contributed by atoms with Crippen LogP contribution < -0.4 is 0 Å². The predicted octanol–water partition coefficient (Wildman–Crippen LogP) is 0.413. The summed E-state index contributed by atoms with van der Waals surface area (Å²) in [5, 5.41) is 8.68. The van der Waals surface area contributed by atoms with Gasteiger partial charge in [-0.25, -0.2) is 0 Å². The minimum Gasteiger partial charge on any atom is -0.481 e. The van der Waals surface area contributed by atoms with Crippen LogP contribution >= 0.6 is 0 Å². The van der Waals surface area contributed by atoms with Crippen molar-refractivity contribution in [2.45, 2.75) is 13.8 Å². The Morgan fingerprint density at radius 2 is 2.20 bits per heavy atom. The minimum absolute atomic E-state index is 0.462. The van der Waals surface area contributed by atoms with Gasteiger partial charge >= 0.3 is 5.97 Å². The molecule has 1 fully saturated rings. The third-order valence-corrected chi connectivity index (χ3v) is 2.11. The normalized spacial score (nSPS) is 23.8. The zero-order valence-electron chi connectivity index (χ0n) is 6.42. The molecule has 0 atom stereocenters. The number of nitrogens with zero attached hydrogens (tertiary/aromatic N) is 1. The molecule has 0 aliphatic carbocycles.